The van der Waals surface area contributed by atoms with Crippen molar-refractivity contribution in [2.75, 3.05) is 52.4 Å². The molecule has 14 nitrogen and oxygen atoms in total. The van der Waals surface area contributed by atoms with Gasteiger partial charge in [-0.2, -0.15) is 0 Å². The van der Waals surface area contributed by atoms with Crippen molar-refractivity contribution in [3.63, 3.8) is 0 Å². The van der Waals surface area contributed by atoms with Gasteiger partial charge in [0.25, 0.3) is 0 Å². The van der Waals surface area contributed by atoms with E-state index < -0.39 is 37.3 Å². The van der Waals surface area contributed by atoms with Crippen molar-refractivity contribution in [1.82, 2.24) is 30.6 Å². The lowest BCUT2D eigenvalue weighted by Gasteiger charge is -2.47. The average molecular weight is 813 g/mol. The van der Waals surface area contributed by atoms with Gasteiger partial charge in [0.05, 0.1) is 13.2 Å². The molecule has 0 unspecified atom stereocenters. The highest BCUT2D eigenvalue weighted by molar-refractivity contribution is 5.84. The fraction of sp³-hybridized carbons (Fsp3) is 0.705. The summed E-state index contributed by atoms with van der Waals surface area (Å²) in [7, 11) is 0. The molecule has 5 atom stereocenters. The van der Waals surface area contributed by atoms with Crippen LogP contribution in [0.1, 0.15) is 120 Å². The van der Waals surface area contributed by atoms with E-state index in [4.69, 9.17) is 9.47 Å². The van der Waals surface area contributed by atoms with E-state index in [2.05, 4.69) is 76.9 Å². The van der Waals surface area contributed by atoms with E-state index in [-0.39, 0.29) is 30.3 Å². The molecule has 2 aromatic rings. The van der Waals surface area contributed by atoms with Crippen LogP contribution in [-0.2, 0) is 16.0 Å². The first-order chi connectivity index (χ1) is 27.7. The maximum Gasteiger partial charge on any atom is 0.315 e. The van der Waals surface area contributed by atoms with Crippen LogP contribution in [0.3, 0.4) is 0 Å². The molecule has 1 spiro atoms. The lowest BCUT2D eigenvalue weighted by molar-refractivity contribution is -0.278. The number of urea groups is 1. The van der Waals surface area contributed by atoms with Gasteiger partial charge in [0.1, 0.15) is 24.4 Å². The van der Waals surface area contributed by atoms with Gasteiger partial charge in [0.2, 0.25) is 18.1 Å². The Balaban J connectivity index is 0.000000267. The zero-order valence-corrected chi connectivity index (χ0v) is 36.0. The van der Waals surface area contributed by atoms with Crippen LogP contribution < -0.4 is 15.4 Å². The lowest BCUT2D eigenvalue weighted by atomic mass is 9.72. The number of aromatic nitrogens is 2. The highest BCUT2D eigenvalue weighted by atomic mass is 16.7. The summed E-state index contributed by atoms with van der Waals surface area (Å²) in [6.45, 7) is 20.1. The first-order valence-electron chi connectivity index (χ1n) is 21.5. The summed E-state index contributed by atoms with van der Waals surface area (Å²) < 4.78 is 11.4. The van der Waals surface area contributed by atoms with Crippen molar-refractivity contribution >= 4 is 18.0 Å². The molecule has 0 radical (unpaired) electrons. The second kappa shape index (κ2) is 22.7. The van der Waals surface area contributed by atoms with Crippen LogP contribution in [0.2, 0.25) is 0 Å². The van der Waals surface area contributed by atoms with Crippen LogP contribution in [0.5, 0.6) is 5.88 Å². The molecule has 3 amide bonds. The SMILES string of the molecule is CCC/C=C/c1ccc(Cc2c(O[C@@H]3O[C@H](CO)[C@@H](O)[C@H](O)[C@H]3O)n[nH]c2C(C)C)c(C)c1.CCCN1CCCC2(CCN(C(=O)CNC(=O)NCC(C)C)CC2)C1. The minimum absolute atomic E-state index is 0.0378. The summed E-state index contributed by atoms with van der Waals surface area (Å²) in [5, 5.41) is 52.7. The van der Waals surface area contributed by atoms with Gasteiger partial charge in [-0.05, 0) is 92.5 Å². The van der Waals surface area contributed by atoms with E-state index in [1.165, 1.54) is 38.9 Å². The Bertz CT molecular complexity index is 1600. The van der Waals surface area contributed by atoms with E-state index in [1.54, 1.807) is 0 Å². The molecule has 5 rings (SSSR count). The van der Waals surface area contributed by atoms with Gasteiger partial charge < -0.3 is 50.3 Å². The lowest BCUT2D eigenvalue weighted by Crippen LogP contribution is -2.60. The van der Waals surface area contributed by atoms with Crippen molar-refractivity contribution in [1.29, 1.82) is 0 Å². The highest BCUT2D eigenvalue weighted by Crippen LogP contribution is 2.40. The summed E-state index contributed by atoms with van der Waals surface area (Å²) in [6.07, 6.45) is 6.23. The number of piperidine rings is 2. The molecule has 3 aliphatic heterocycles. The molecule has 14 heteroatoms. The van der Waals surface area contributed by atoms with E-state index in [0.717, 1.165) is 66.7 Å². The maximum atomic E-state index is 12.4. The number of rotatable bonds is 15. The van der Waals surface area contributed by atoms with Gasteiger partial charge in [-0.3, -0.25) is 9.89 Å². The monoisotopic (exact) mass is 813 g/mol. The first-order valence-corrected chi connectivity index (χ1v) is 21.5. The largest absolute Gasteiger partial charge is 0.443 e. The second-order valence-corrected chi connectivity index (χ2v) is 17.2. The number of allylic oxidation sites excluding steroid dienone is 1. The number of amides is 3. The van der Waals surface area contributed by atoms with Gasteiger partial charge in [-0.25, -0.2) is 4.79 Å². The first kappa shape index (κ1) is 47.2. The third kappa shape index (κ3) is 13.2. The van der Waals surface area contributed by atoms with Gasteiger partial charge in [0, 0.05) is 43.9 Å². The molecule has 0 saturated carbocycles. The number of nitrogens with one attached hydrogen (secondary N) is 3. The van der Waals surface area contributed by atoms with Crippen LogP contribution in [0.4, 0.5) is 4.79 Å². The Morgan fingerprint density at radius 3 is 2.41 bits per heavy atom. The zero-order chi connectivity index (χ0) is 42.4. The maximum absolute atomic E-state index is 12.4. The quantitative estimate of drug-likeness (QED) is 0.135. The fourth-order valence-electron chi connectivity index (χ4n) is 8.06. The molecule has 0 aliphatic carbocycles. The Morgan fingerprint density at radius 1 is 1.03 bits per heavy atom. The number of aryl methyl sites for hydroxylation is 1. The van der Waals surface area contributed by atoms with E-state index in [0.29, 0.717) is 24.3 Å². The number of carbonyl (C=O) groups is 2. The molecule has 0 bridgehead atoms. The standard InChI is InChI=1S/C25H36N2O6.C19H36N4O2/c1-5-6-7-8-16-9-10-17(15(4)11-16)12-18-20(14(2)3)26-27-24(18)33-25-23(31)22(30)21(29)19(13-28)32-25;1-4-9-22-10-5-6-19(15-22)7-11-23(12-8-19)17(24)14-21-18(25)20-13-16(2)3/h7-11,14,19,21-23,25,28-31H,5-6,12-13H2,1-4H3,(H,26,27);16H,4-15H2,1-3H3,(H2,20,21,25)/b8-7+;/t19-,21-,22+,23-,25+;/m1./s1. The third-order valence-electron chi connectivity index (χ3n) is 11.5. The van der Waals surface area contributed by atoms with E-state index in [1.807, 2.05) is 32.6 Å². The molecular weight excluding hydrogens is 741 g/mol. The smallest absolute Gasteiger partial charge is 0.315 e. The topological polar surface area (TPSA) is 193 Å². The third-order valence-corrected chi connectivity index (χ3v) is 11.5. The molecule has 7 N–H and O–H groups in total. The predicted molar refractivity (Wildman–Crippen MR) is 225 cm³/mol. The number of carbonyl (C=O) groups excluding carboxylic acids is 2. The number of aromatic amines is 1. The summed E-state index contributed by atoms with van der Waals surface area (Å²) in [4.78, 5) is 28.5. The van der Waals surface area contributed by atoms with Crippen LogP contribution in [-0.4, -0.2) is 135 Å². The number of aliphatic hydroxyl groups excluding tert-OH is 4. The van der Waals surface area contributed by atoms with Crippen LogP contribution >= 0.6 is 0 Å². The number of nitrogens with zero attached hydrogens (tertiary/aromatic N) is 3. The Kier molecular flexibility index (Phi) is 18.5. The number of aliphatic hydroxyl groups is 4. The van der Waals surface area contributed by atoms with Crippen molar-refractivity contribution in [2.24, 2.45) is 11.3 Å². The normalized spacial score (nSPS) is 23.6. The fourth-order valence-corrected chi connectivity index (χ4v) is 8.06. The van der Waals surface area contributed by atoms with Crippen molar-refractivity contribution < 1.29 is 39.5 Å². The van der Waals surface area contributed by atoms with Crippen LogP contribution in [0.25, 0.3) is 6.08 Å². The van der Waals surface area contributed by atoms with Gasteiger partial charge in [0.15, 0.2) is 0 Å². The van der Waals surface area contributed by atoms with Gasteiger partial charge in [-0.1, -0.05) is 78.3 Å². The van der Waals surface area contributed by atoms with Crippen molar-refractivity contribution in [3.05, 3.63) is 52.2 Å². The molecule has 1 aromatic carbocycles. The molecular formula is C44H72N6O8. The Labute approximate surface area is 345 Å². The van der Waals surface area contributed by atoms with Crippen LogP contribution in [0.15, 0.2) is 24.3 Å². The number of hydrogen-bond donors (Lipinski definition) is 7. The number of hydrogen-bond acceptors (Lipinski definition) is 10. The zero-order valence-electron chi connectivity index (χ0n) is 36.0. The molecule has 3 aliphatic rings. The summed E-state index contributed by atoms with van der Waals surface area (Å²) >= 11 is 0. The number of likely N-dealkylation sites (tertiary alicyclic amines) is 2. The average Bonchev–Trinajstić information content (AvgIpc) is 3.60. The van der Waals surface area contributed by atoms with E-state index in [9.17, 15) is 30.0 Å². The molecule has 3 fully saturated rings. The summed E-state index contributed by atoms with van der Waals surface area (Å²) in [5.41, 5.74) is 5.55. The molecule has 326 valence electrons. The summed E-state index contributed by atoms with van der Waals surface area (Å²) in [6, 6.07) is 6.07. The van der Waals surface area contributed by atoms with Crippen molar-refractivity contribution in [3.8, 4) is 5.88 Å². The Hall–Kier alpha value is -3.53. The predicted octanol–water partition coefficient (Wildman–Crippen LogP) is 4.48. The van der Waals surface area contributed by atoms with Gasteiger partial charge in [-0.15, -0.1) is 5.10 Å². The number of unbranched alkanes of at least 4 members (excludes halogenated alkanes) is 1. The molecule has 4 heterocycles. The minimum Gasteiger partial charge on any atom is -0.443 e. The highest BCUT2D eigenvalue weighted by Gasteiger charge is 2.45. The molecule has 58 heavy (non-hydrogen) atoms. The number of benzene rings is 1. The summed E-state index contributed by atoms with van der Waals surface area (Å²) in [5.74, 6) is 0.851. The van der Waals surface area contributed by atoms with E-state index >= 15 is 0 Å². The second-order valence-electron chi connectivity index (χ2n) is 17.2. The number of ether oxygens (including phenoxy) is 2. The minimum atomic E-state index is -1.51. The number of H-pyrrole nitrogens is 1. The molecule has 1 aromatic heterocycles. The molecule has 3 saturated heterocycles. The van der Waals surface area contributed by atoms with Crippen molar-refractivity contribution in [2.45, 2.75) is 136 Å². The Morgan fingerprint density at radius 2 is 1.78 bits per heavy atom. The van der Waals surface area contributed by atoms with Crippen LogP contribution in [0, 0.1) is 18.3 Å². The van der Waals surface area contributed by atoms with Gasteiger partial charge >= 0.3 is 6.03 Å².